The third-order valence-electron chi connectivity index (χ3n) is 5.08. The molecule has 6 heteroatoms. The van der Waals surface area contributed by atoms with Gasteiger partial charge in [-0.25, -0.2) is 0 Å². The van der Waals surface area contributed by atoms with Crippen molar-refractivity contribution < 1.29 is 23.3 Å². The fourth-order valence-corrected chi connectivity index (χ4v) is 3.78. The Hall–Kier alpha value is -2.60. The zero-order chi connectivity index (χ0) is 16.9. The minimum Gasteiger partial charge on any atom is -0.596 e. The molecule has 5 nitrogen and oxygen atoms in total. The molecule has 0 aliphatic carbocycles. The molecule has 2 aromatic carbocycles. The van der Waals surface area contributed by atoms with Crippen molar-refractivity contribution >= 4 is 24.1 Å². The first-order valence-corrected chi connectivity index (χ1v) is 8.01. The van der Waals surface area contributed by atoms with Crippen LogP contribution in [0.3, 0.4) is 0 Å². The van der Waals surface area contributed by atoms with E-state index in [4.69, 9.17) is 9.31 Å². The van der Waals surface area contributed by atoms with E-state index in [0.29, 0.717) is 0 Å². The second kappa shape index (κ2) is 4.95. The summed E-state index contributed by atoms with van der Waals surface area (Å²) in [5.41, 5.74) is 4.00. The molecule has 0 bridgehead atoms. The van der Waals surface area contributed by atoms with Crippen LogP contribution < -0.4 is 5.46 Å². The van der Waals surface area contributed by atoms with Crippen molar-refractivity contribution in [3.8, 4) is 11.1 Å². The molecule has 0 unspecified atom stereocenters. The number of hydrogen-bond donors (Lipinski definition) is 0. The molecule has 2 saturated heterocycles. The number of quaternary nitrogens is 1. The molecule has 2 aliphatic heterocycles. The third-order valence-corrected chi connectivity index (χ3v) is 5.08. The van der Waals surface area contributed by atoms with Gasteiger partial charge in [0.25, 0.3) is 0 Å². The fraction of sp³-hybridized carbons (Fsp3) is 0.222. The molecule has 122 valence electrons. The number of hydrogen-bond acceptors (Lipinski definition) is 4. The molecule has 0 radical (unpaired) electrons. The van der Waals surface area contributed by atoms with Gasteiger partial charge in [-0.2, -0.15) is 0 Å². The minimum absolute atomic E-state index is 0.153. The van der Waals surface area contributed by atoms with Crippen LogP contribution in [-0.4, -0.2) is 43.2 Å². The second-order valence-corrected chi connectivity index (χ2v) is 6.94. The highest BCUT2D eigenvalue weighted by molar-refractivity contribution is 6.79. The average Bonchev–Trinajstić information content (AvgIpc) is 2.92. The third kappa shape index (κ3) is 2.07. The lowest BCUT2D eigenvalue weighted by Crippen LogP contribution is -2.67. The first kappa shape index (κ1) is 15.0. The minimum atomic E-state index is -2.17. The predicted octanol–water partition coefficient (Wildman–Crippen LogP) is 1.37. The van der Waals surface area contributed by atoms with Crippen LogP contribution in [0.25, 0.3) is 11.1 Å². The molecule has 0 atom stereocenters. The second-order valence-electron chi connectivity index (χ2n) is 6.94. The number of nitrogens with zero attached hydrogens (tertiary/aromatic N) is 1. The Labute approximate surface area is 140 Å². The summed E-state index contributed by atoms with van der Waals surface area (Å²) in [6, 6.07) is 15.9. The Balaban J connectivity index is 1.82. The van der Waals surface area contributed by atoms with Gasteiger partial charge in [0.2, 0.25) is 0 Å². The topological polar surface area (TPSA) is 52.6 Å². The van der Waals surface area contributed by atoms with Crippen LogP contribution >= 0.6 is 0 Å². The lowest BCUT2D eigenvalue weighted by atomic mass is 9.60. The number of carbonyl (C=O) groups excluding carboxylic acids is 2. The van der Waals surface area contributed by atoms with Crippen molar-refractivity contribution in [1.82, 2.24) is 0 Å². The van der Waals surface area contributed by atoms with Gasteiger partial charge in [0.1, 0.15) is 13.1 Å². The Kier molecular flexibility index (Phi) is 3.09. The maximum Gasteiger partial charge on any atom is 0.614 e. The summed E-state index contributed by atoms with van der Waals surface area (Å²) in [6.45, 7) is 0.175. The molecular formula is C18H18BNO4. The summed E-state index contributed by atoms with van der Waals surface area (Å²) in [5, 5.41) is 0. The summed E-state index contributed by atoms with van der Waals surface area (Å²) in [5.74, 6) is -0.656. The van der Waals surface area contributed by atoms with Gasteiger partial charge in [0.15, 0.2) is 0 Å². The Morgan fingerprint density at radius 1 is 0.917 bits per heavy atom. The van der Waals surface area contributed by atoms with Gasteiger partial charge >= 0.3 is 18.6 Å². The standard InChI is InChI=1S/C18H18BNO4/c1-13-6-8-14(9-7-13)15-4-3-5-16(10-15)19-20(2,11-17(21)23-19)12-18(22)24-19/h3-10H,11-12H2,1-2H3. The van der Waals surface area contributed by atoms with Gasteiger partial charge in [-0.3, -0.25) is 9.59 Å². The van der Waals surface area contributed by atoms with Gasteiger partial charge < -0.3 is 13.7 Å². The van der Waals surface area contributed by atoms with Crippen molar-refractivity contribution in [2.75, 3.05) is 20.1 Å². The molecule has 2 aromatic rings. The summed E-state index contributed by atoms with van der Waals surface area (Å²) in [6.07, 6.45) is 0. The van der Waals surface area contributed by atoms with E-state index in [9.17, 15) is 9.59 Å². The normalized spacial score (nSPS) is 28.4. The SMILES string of the molecule is Cc1ccc(-c2cccc([B-]34OC(=O)C[N+]3(C)CC(=O)O4)c2)cc1. The Morgan fingerprint density at radius 2 is 1.54 bits per heavy atom. The number of carbonyl (C=O) groups is 2. The predicted molar refractivity (Wildman–Crippen MR) is 90.1 cm³/mol. The van der Waals surface area contributed by atoms with Crippen molar-refractivity contribution in [3.05, 3.63) is 54.1 Å². The van der Waals surface area contributed by atoms with Crippen LogP contribution in [0.2, 0.25) is 0 Å². The largest absolute Gasteiger partial charge is 0.614 e. The van der Waals surface area contributed by atoms with Gasteiger partial charge in [0, 0.05) is 7.05 Å². The summed E-state index contributed by atoms with van der Waals surface area (Å²) in [7, 11) is 1.84. The molecule has 0 spiro atoms. The van der Waals surface area contributed by atoms with Crippen molar-refractivity contribution in [2.45, 2.75) is 6.92 Å². The summed E-state index contributed by atoms with van der Waals surface area (Å²) in [4.78, 5) is 23.9. The van der Waals surface area contributed by atoms with Crippen molar-refractivity contribution in [2.24, 2.45) is 0 Å². The molecule has 0 amide bonds. The van der Waals surface area contributed by atoms with Crippen LogP contribution in [0.4, 0.5) is 0 Å². The Bertz CT molecular complexity index is 826. The zero-order valence-electron chi connectivity index (χ0n) is 13.7. The molecule has 0 saturated carbocycles. The highest BCUT2D eigenvalue weighted by atomic mass is 16.7. The molecular weight excluding hydrogens is 305 g/mol. The fourth-order valence-electron chi connectivity index (χ4n) is 3.78. The maximum atomic E-state index is 11.9. The number of likely N-dealkylation sites (N-methyl/N-ethyl adjacent to an activating group) is 1. The molecule has 0 N–H and O–H groups in total. The summed E-state index contributed by atoms with van der Waals surface area (Å²) >= 11 is 0. The van der Waals surface area contributed by atoms with E-state index in [0.717, 1.165) is 16.6 Å². The lowest BCUT2D eigenvalue weighted by Gasteiger charge is -2.40. The zero-order valence-corrected chi connectivity index (χ0v) is 13.7. The van der Waals surface area contributed by atoms with E-state index in [1.807, 2.05) is 38.2 Å². The molecule has 24 heavy (non-hydrogen) atoms. The lowest BCUT2D eigenvalue weighted by molar-refractivity contribution is -0.791. The van der Waals surface area contributed by atoms with E-state index in [1.165, 1.54) is 5.56 Å². The molecule has 2 aliphatic rings. The van der Waals surface area contributed by atoms with Gasteiger partial charge in [0.05, 0.1) is 0 Å². The van der Waals surface area contributed by atoms with Gasteiger partial charge in [-0.15, -0.1) is 0 Å². The van der Waals surface area contributed by atoms with E-state index in [-0.39, 0.29) is 29.4 Å². The quantitative estimate of drug-likeness (QED) is 0.784. The molecule has 4 rings (SSSR count). The van der Waals surface area contributed by atoms with Crippen molar-refractivity contribution in [1.29, 1.82) is 0 Å². The number of fused-ring (bicyclic) bond motifs is 1. The van der Waals surface area contributed by atoms with Crippen LogP contribution in [0.15, 0.2) is 48.5 Å². The van der Waals surface area contributed by atoms with Crippen LogP contribution in [0, 0.1) is 6.92 Å². The van der Waals surface area contributed by atoms with E-state index in [1.54, 1.807) is 0 Å². The number of aryl methyl sites for hydroxylation is 1. The van der Waals surface area contributed by atoms with Crippen molar-refractivity contribution in [3.63, 3.8) is 0 Å². The van der Waals surface area contributed by atoms with Gasteiger partial charge in [-0.05, 0) is 23.5 Å². The van der Waals surface area contributed by atoms with Gasteiger partial charge in [-0.1, -0.05) is 54.1 Å². The first-order valence-electron chi connectivity index (χ1n) is 8.01. The van der Waals surface area contributed by atoms with Crippen LogP contribution in [0.5, 0.6) is 0 Å². The molecule has 0 aromatic heterocycles. The first-order chi connectivity index (χ1) is 11.4. The smallest absolute Gasteiger partial charge is 0.596 e. The number of rotatable bonds is 2. The van der Waals surface area contributed by atoms with E-state index in [2.05, 4.69) is 24.3 Å². The monoisotopic (exact) mass is 323 g/mol. The highest BCUT2D eigenvalue weighted by Gasteiger charge is 2.66. The molecule has 2 heterocycles. The highest BCUT2D eigenvalue weighted by Crippen LogP contribution is 2.34. The average molecular weight is 323 g/mol. The maximum absolute atomic E-state index is 11.9. The molecule has 2 fully saturated rings. The van der Waals surface area contributed by atoms with Crippen LogP contribution in [-0.2, 0) is 18.9 Å². The number of benzene rings is 2. The van der Waals surface area contributed by atoms with Crippen LogP contribution in [0.1, 0.15) is 5.56 Å². The summed E-state index contributed by atoms with van der Waals surface area (Å²) < 4.78 is 11.4. The van der Waals surface area contributed by atoms with E-state index < -0.39 is 6.69 Å². The van der Waals surface area contributed by atoms with E-state index >= 15 is 0 Å². The Morgan fingerprint density at radius 3 is 2.17 bits per heavy atom.